The minimum atomic E-state index is -0.621. The van der Waals surface area contributed by atoms with E-state index in [2.05, 4.69) is 174 Å². The van der Waals surface area contributed by atoms with Gasteiger partial charge >= 0.3 is 0 Å². The second-order valence-corrected chi connectivity index (χ2v) is 15.9. The van der Waals surface area contributed by atoms with Gasteiger partial charge < -0.3 is 14.5 Å². The number of nitrogens with zero attached hydrogens (tertiary/aromatic N) is 3. The highest BCUT2D eigenvalue weighted by atomic mass is 16.5. The molecule has 0 radical (unpaired) electrons. The summed E-state index contributed by atoms with van der Waals surface area (Å²) >= 11 is 0. The second-order valence-electron chi connectivity index (χ2n) is 15.9. The van der Waals surface area contributed by atoms with E-state index in [9.17, 15) is 0 Å². The summed E-state index contributed by atoms with van der Waals surface area (Å²) in [5.74, 6) is 1.59. The molecule has 0 bridgehead atoms. The van der Waals surface area contributed by atoms with Crippen molar-refractivity contribution in [3.8, 4) is 22.6 Å². The van der Waals surface area contributed by atoms with Crippen LogP contribution >= 0.6 is 0 Å². The Morgan fingerprint density at radius 3 is 1.82 bits per heavy atom. The maximum Gasteiger partial charge on any atom is 0.129 e. The molecule has 0 atom stereocenters. The first-order chi connectivity index (χ1) is 23.9. The lowest BCUT2D eigenvalue weighted by Crippen LogP contribution is -2.30. The number of fused-ring (bicyclic) bond motifs is 4. The Labute approximate surface area is 297 Å². The predicted octanol–water partition coefficient (Wildman–Crippen LogP) is 11.4. The molecule has 6 aromatic rings. The number of rotatable bonds is 5. The van der Waals surface area contributed by atoms with E-state index in [1.807, 2.05) is 18.3 Å². The van der Waals surface area contributed by atoms with E-state index < -0.39 is 5.41 Å². The van der Waals surface area contributed by atoms with Gasteiger partial charge in [-0.15, -0.1) is 0 Å². The van der Waals surface area contributed by atoms with Crippen LogP contribution in [-0.2, 0) is 16.2 Å². The van der Waals surface area contributed by atoms with Gasteiger partial charge in [0.2, 0.25) is 0 Å². The fourth-order valence-electron chi connectivity index (χ4n) is 7.83. The Morgan fingerprint density at radius 1 is 0.600 bits per heavy atom. The Kier molecular flexibility index (Phi) is 7.41. The van der Waals surface area contributed by atoms with Gasteiger partial charge in [-0.2, -0.15) is 0 Å². The molecule has 4 heteroatoms. The lowest BCUT2D eigenvalue weighted by Gasteiger charge is -2.33. The fraction of sp³-hybridized carbons (Fsp3) is 0.239. The fourth-order valence-corrected chi connectivity index (χ4v) is 7.83. The van der Waals surface area contributed by atoms with Crippen molar-refractivity contribution in [1.29, 1.82) is 0 Å². The molecule has 0 amide bonds. The maximum absolute atomic E-state index is 6.72. The molecule has 50 heavy (non-hydrogen) atoms. The molecule has 1 aliphatic carbocycles. The molecule has 2 heterocycles. The summed E-state index contributed by atoms with van der Waals surface area (Å²) in [7, 11) is 2.13. The normalized spacial score (nSPS) is 14.7. The van der Waals surface area contributed by atoms with Crippen molar-refractivity contribution in [2.75, 3.05) is 23.5 Å². The van der Waals surface area contributed by atoms with E-state index in [0.717, 1.165) is 35.1 Å². The first-order valence-corrected chi connectivity index (χ1v) is 17.6. The third-order valence-electron chi connectivity index (χ3n) is 10.5. The van der Waals surface area contributed by atoms with Gasteiger partial charge in [0, 0.05) is 25.0 Å². The number of benzene rings is 5. The Balaban J connectivity index is 1.27. The Morgan fingerprint density at radius 2 is 1.20 bits per heavy atom. The van der Waals surface area contributed by atoms with E-state index in [4.69, 9.17) is 9.72 Å². The molecule has 4 nitrogen and oxygen atoms in total. The van der Waals surface area contributed by atoms with Crippen LogP contribution in [0.15, 0.2) is 134 Å². The minimum absolute atomic E-state index is 0.0158. The molecule has 0 spiro atoms. The molecule has 0 N–H and O–H groups in total. The van der Waals surface area contributed by atoms with E-state index >= 15 is 0 Å². The molecular formula is C46H45N3O. The van der Waals surface area contributed by atoms with Crippen LogP contribution in [0.25, 0.3) is 11.1 Å². The zero-order chi connectivity index (χ0) is 34.8. The number of para-hydroxylation sites is 2. The molecule has 250 valence electrons. The predicted molar refractivity (Wildman–Crippen MR) is 207 cm³/mol. The molecule has 0 saturated heterocycles. The number of aromatic nitrogens is 1. The van der Waals surface area contributed by atoms with Crippen molar-refractivity contribution in [3.05, 3.63) is 167 Å². The minimum Gasteiger partial charge on any atom is -0.457 e. The summed E-state index contributed by atoms with van der Waals surface area (Å²) in [6, 6.07) is 46.0. The van der Waals surface area contributed by atoms with Crippen LogP contribution in [0.4, 0.5) is 17.1 Å². The number of hydrogen-bond donors (Lipinski definition) is 0. The summed E-state index contributed by atoms with van der Waals surface area (Å²) < 4.78 is 6.72. The summed E-state index contributed by atoms with van der Waals surface area (Å²) in [5, 5.41) is 0. The van der Waals surface area contributed by atoms with Gasteiger partial charge in [-0.3, -0.25) is 4.98 Å². The van der Waals surface area contributed by atoms with Crippen molar-refractivity contribution in [3.63, 3.8) is 0 Å². The highest BCUT2D eigenvalue weighted by molar-refractivity contribution is 5.87. The Bertz CT molecular complexity index is 2160. The number of ether oxygens (including phenoxy) is 1. The lowest BCUT2D eigenvalue weighted by molar-refractivity contribution is 0.481. The van der Waals surface area contributed by atoms with Gasteiger partial charge in [0.15, 0.2) is 0 Å². The monoisotopic (exact) mass is 655 g/mol. The van der Waals surface area contributed by atoms with Gasteiger partial charge in [-0.25, -0.2) is 0 Å². The maximum atomic E-state index is 6.72. The second kappa shape index (κ2) is 11.6. The van der Waals surface area contributed by atoms with Gasteiger partial charge in [0.1, 0.15) is 11.5 Å². The van der Waals surface area contributed by atoms with Crippen LogP contribution < -0.4 is 14.5 Å². The first-order valence-electron chi connectivity index (χ1n) is 17.6. The van der Waals surface area contributed by atoms with Crippen LogP contribution in [0.1, 0.15) is 75.1 Å². The molecule has 0 unspecified atom stereocenters. The molecular weight excluding hydrogens is 611 g/mol. The molecule has 2 aliphatic rings. The van der Waals surface area contributed by atoms with Gasteiger partial charge in [-0.1, -0.05) is 114 Å². The van der Waals surface area contributed by atoms with E-state index in [-0.39, 0.29) is 10.8 Å². The summed E-state index contributed by atoms with van der Waals surface area (Å²) in [6.07, 6.45) is 1.92. The van der Waals surface area contributed by atoms with E-state index in [1.54, 1.807) is 0 Å². The van der Waals surface area contributed by atoms with Gasteiger partial charge in [0.05, 0.1) is 29.2 Å². The molecule has 1 aromatic heterocycles. The summed E-state index contributed by atoms with van der Waals surface area (Å²) in [6.45, 7) is 14.5. The van der Waals surface area contributed by atoms with E-state index in [0.29, 0.717) is 0 Å². The number of pyridine rings is 1. The lowest BCUT2D eigenvalue weighted by atomic mass is 9.69. The average molecular weight is 656 g/mol. The summed E-state index contributed by atoms with van der Waals surface area (Å²) in [4.78, 5) is 9.70. The quantitative estimate of drug-likeness (QED) is 0.184. The highest BCUT2D eigenvalue weighted by Crippen LogP contribution is 2.57. The molecule has 5 aromatic carbocycles. The molecule has 0 fully saturated rings. The smallest absolute Gasteiger partial charge is 0.129 e. The third kappa shape index (κ3) is 5.17. The van der Waals surface area contributed by atoms with Crippen LogP contribution in [0.3, 0.4) is 0 Å². The average Bonchev–Trinajstić information content (AvgIpc) is 3.60. The molecule has 1 aliphatic heterocycles. The molecule has 8 rings (SSSR count). The SMILES string of the molecule is CN1CN(c2cccc(Oc3cccc(C4(c5ccccn5)c5ccc(C(C)(C)C)cc5-c5cc(C(C)(C)C)ccc54)c3)c2)c2ccccc21. The van der Waals surface area contributed by atoms with Crippen molar-refractivity contribution >= 4 is 17.1 Å². The van der Waals surface area contributed by atoms with Gasteiger partial charge in [-0.05, 0) is 98.3 Å². The van der Waals surface area contributed by atoms with Crippen molar-refractivity contribution in [1.82, 2.24) is 4.98 Å². The zero-order valence-electron chi connectivity index (χ0n) is 30.2. The van der Waals surface area contributed by atoms with Crippen molar-refractivity contribution in [2.24, 2.45) is 0 Å². The highest BCUT2D eigenvalue weighted by Gasteiger charge is 2.48. The number of hydrogen-bond acceptors (Lipinski definition) is 4. The Hall–Kier alpha value is -5.35. The largest absolute Gasteiger partial charge is 0.457 e. The van der Waals surface area contributed by atoms with Crippen molar-refractivity contribution < 1.29 is 4.74 Å². The molecule has 0 saturated carbocycles. The van der Waals surface area contributed by atoms with Crippen LogP contribution in [0.5, 0.6) is 11.5 Å². The van der Waals surface area contributed by atoms with E-state index in [1.165, 1.54) is 44.8 Å². The van der Waals surface area contributed by atoms with Crippen LogP contribution in [-0.4, -0.2) is 18.7 Å². The van der Waals surface area contributed by atoms with Crippen LogP contribution in [0.2, 0.25) is 0 Å². The summed E-state index contributed by atoms with van der Waals surface area (Å²) in [5.41, 5.74) is 12.8. The topological polar surface area (TPSA) is 28.6 Å². The van der Waals surface area contributed by atoms with Gasteiger partial charge in [0.25, 0.3) is 0 Å². The zero-order valence-corrected chi connectivity index (χ0v) is 30.2. The van der Waals surface area contributed by atoms with Crippen LogP contribution in [0, 0.1) is 0 Å². The standard InChI is InChI=1S/C46H45N3O/c1-44(2,3)31-21-23-39-37(27-31)38-28-32(45(4,5)6)22-24-40(38)46(39,43-20-10-11-25-47-43)33-14-12-16-35(26-33)50-36-17-13-15-34(29-36)49-30-48(7)41-18-8-9-19-42(41)49/h8-29H,30H2,1-7H3. The first kappa shape index (κ1) is 31.9. The number of anilines is 3. The van der Waals surface area contributed by atoms with Crippen molar-refractivity contribution in [2.45, 2.75) is 57.8 Å². The third-order valence-corrected chi connectivity index (χ3v) is 10.5.